The van der Waals surface area contributed by atoms with Crippen LogP contribution in [0.15, 0.2) is 22.7 Å². The molecular formula is C15H21BrN2O2. The van der Waals surface area contributed by atoms with Crippen molar-refractivity contribution in [2.45, 2.75) is 38.8 Å². The SMILES string of the molecule is CCN(C(=O)COc1ccc(Br)cc1C(C)N)C1CC1. The van der Waals surface area contributed by atoms with E-state index in [0.29, 0.717) is 11.8 Å². The van der Waals surface area contributed by atoms with E-state index < -0.39 is 0 Å². The standard InChI is InChI=1S/C15H21BrN2O2/c1-3-18(12-5-6-12)15(19)9-20-14-7-4-11(16)8-13(14)10(2)17/h4,7-8,10,12H,3,5-6,9,17H2,1-2H3. The average molecular weight is 341 g/mol. The smallest absolute Gasteiger partial charge is 0.260 e. The Bertz CT molecular complexity index is 487. The summed E-state index contributed by atoms with van der Waals surface area (Å²) in [5, 5.41) is 0. The molecule has 0 bridgehead atoms. The van der Waals surface area contributed by atoms with Crippen molar-refractivity contribution in [1.82, 2.24) is 4.90 Å². The number of ether oxygens (including phenoxy) is 1. The molecular weight excluding hydrogens is 320 g/mol. The molecule has 1 aliphatic carbocycles. The second-order valence-electron chi connectivity index (χ2n) is 5.17. The Morgan fingerprint density at radius 2 is 2.25 bits per heavy atom. The minimum absolute atomic E-state index is 0.0496. The van der Waals surface area contributed by atoms with Crippen LogP contribution in [0.5, 0.6) is 5.75 Å². The van der Waals surface area contributed by atoms with Gasteiger partial charge in [0.25, 0.3) is 5.91 Å². The first-order valence-corrected chi connectivity index (χ1v) is 7.79. The Labute approximate surface area is 128 Å². The Kier molecular flexibility index (Phi) is 5.05. The van der Waals surface area contributed by atoms with E-state index in [1.165, 1.54) is 0 Å². The van der Waals surface area contributed by atoms with E-state index in [1.54, 1.807) is 0 Å². The van der Waals surface area contributed by atoms with Crippen LogP contribution in [0.3, 0.4) is 0 Å². The third-order valence-electron chi connectivity index (χ3n) is 3.46. The molecule has 1 aliphatic rings. The molecule has 2 rings (SSSR count). The fourth-order valence-electron chi connectivity index (χ4n) is 2.25. The minimum Gasteiger partial charge on any atom is -0.483 e. The quantitative estimate of drug-likeness (QED) is 0.866. The summed E-state index contributed by atoms with van der Waals surface area (Å²) < 4.78 is 6.64. The molecule has 1 unspecified atom stereocenters. The lowest BCUT2D eigenvalue weighted by atomic mass is 10.1. The number of nitrogens with two attached hydrogens (primary N) is 1. The van der Waals surface area contributed by atoms with Crippen molar-refractivity contribution in [2.24, 2.45) is 5.73 Å². The molecule has 0 saturated heterocycles. The molecule has 20 heavy (non-hydrogen) atoms. The zero-order chi connectivity index (χ0) is 14.7. The highest BCUT2D eigenvalue weighted by atomic mass is 79.9. The Morgan fingerprint density at radius 3 is 2.80 bits per heavy atom. The summed E-state index contributed by atoms with van der Waals surface area (Å²) in [4.78, 5) is 14.0. The van der Waals surface area contributed by atoms with Gasteiger partial charge in [0.2, 0.25) is 0 Å². The predicted molar refractivity (Wildman–Crippen MR) is 82.6 cm³/mol. The molecule has 0 radical (unpaired) electrons. The molecule has 2 N–H and O–H groups in total. The van der Waals surface area contributed by atoms with E-state index in [2.05, 4.69) is 15.9 Å². The van der Waals surface area contributed by atoms with Crippen molar-refractivity contribution < 1.29 is 9.53 Å². The van der Waals surface area contributed by atoms with Crippen LogP contribution >= 0.6 is 15.9 Å². The second-order valence-corrected chi connectivity index (χ2v) is 6.09. The van der Waals surface area contributed by atoms with Crippen LogP contribution in [0.25, 0.3) is 0 Å². The van der Waals surface area contributed by atoms with Crippen molar-refractivity contribution in [1.29, 1.82) is 0 Å². The summed E-state index contributed by atoms with van der Waals surface area (Å²) in [5.74, 6) is 0.733. The maximum absolute atomic E-state index is 12.1. The number of carbonyl (C=O) groups excluding carboxylic acids is 1. The molecule has 1 amide bonds. The summed E-state index contributed by atoms with van der Waals surface area (Å²) in [6.07, 6.45) is 2.23. The van der Waals surface area contributed by atoms with Gasteiger partial charge in [0.1, 0.15) is 5.75 Å². The topological polar surface area (TPSA) is 55.6 Å². The number of amides is 1. The minimum atomic E-state index is -0.136. The van der Waals surface area contributed by atoms with Gasteiger partial charge in [-0.25, -0.2) is 0 Å². The molecule has 1 fully saturated rings. The van der Waals surface area contributed by atoms with Crippen LogP contribution in [0.4, 0.5) is 0 Å². The molecule has 0 aromatic heterocycles. The lowest BCUT2D eigenvalue weighted by molar-refractivity contribution is -0.133. The second kappa shape index (κ2) is 6.59. The Balaban J connectivity index is 2.01. The number of hydrogen-bond donors (Lipinski definition) is 1. The van der Waals surface area contributed by atoms with Crippen LogP contribution < -0.4 is 10.5 Å². The summed E-state index contributed by atoms with van der Waals surface area (Å²) in [6, 6.07) is 5.97. The van der Waals surface area contributed by atoms with Crippen LogP contribution in [-0.4, -0.2) is 30.0 Å². The molecule has 1 aromatic rings. The number of likely N-dealkylation sites (N-methyl/N-ethyl adjacent to an activating group) is 1. The van der Waals surface area contributed by atoms with Crippen molar-refractivity contribution >= 4 is 21.8 Å². The molecule has 0 spiro atoms. The van der Waals surface area contributed by atoms with Gasteiger partial charge in [-0.1, -0.05) is 15.9 Å². The summed E-state index contributed by atoms with van der Waals surface area (Å²) in [5.41, 5.74) is 6.84. The maximum atomic E-state index is 12.1. The van der Waals surface area contributed by atoms with Gasteiger partial charge in [-0.15, -0.1) is 0 Å². The number of nitrogens with zero attached hydrogens (tertiary/aromatic N) is 1. The van der Waals surface area contributed by atoms with Gasteiger partial charge in [0.15, 0.2) is 6.61 Å². The molecule has 4 nitrogen and oxygen atoms in total. The van der Waals surface area contributed by atoms with Crippen molar-refractivity contribution in [3.8, 4) is 5.75 Å². The highest BCUT2D eigenvalue weighted by Gasteiger charge is 2.31. The first kappa shape index (κ1) is 15.3. The normalized spacial score (nSPS) is 15.8. The third-order valence-corrected chi connectivity index (χ3v) is 3.96. The summed E-state index contributed by atoms with van der Waals surface area (Å²) in [6.45, 7) is 4.72. The van der Waals surface area contributed by atoms with Crippen LogP contribution in [0, 0.1) is 0 Å². The monoisotopic (exact) mass is 340 g/mol. The maximum Gasteiger partial charge on any atom is 0.260 e. The molecule has 110 valence electrons. The molecule has 0 heterocycles. The zero-order valence-electron chi connectivity index (χ0n) is 11.9. The highest BCUT2D eigenvalue weighted by molar-refractivity contribution is 9.10. The van der Waals surface area contributed by atoms with Crippen LogP contribution in [-0.2, 0) is 4.79 Å². The van der Waals surface area contributed by atoms with Crippen molar-refractivity contribution in [3.63, 3.8) is 0 Å². The van der Waals surface area contributed by atoms with Gasteiger partial charge in [-0.3, -0.25) is 4.79 Å². The largest absolute Gasteiger partial charge is 0.483 e. The Morgan fingerprint density at radius 1 is 1.55 bits per heavy atom. The average Bonchev–Trinajstić information content (AvgIpc) is 3.22. The number of benzene rings is 1. The van der Waals surface area contributed by atoms with E-state index in [9.17, 15) is 4.79 Å². The van der Waals surface area contributed by atoms with E-state index in [1.807, 2.05) is 36.9 Å². The van der Waals surface area contributed by atoms with Gasteiger partial charge in [0, 0.05) is 28.7 Å². The lowest BCUT2D eigenvalue weighted by Gasteiger charge is -2.21. The van der Waals surface area contributed by atoms with Crippen molar-refractivity contribution in [3.05, 3.63) is 28.2 Å². The van der Waals surface area contributed by atoms with Gasteiger partial charge in [-0.2, -0.15) is 0 Å². The van der Waals surface area contributed by atoms with Crippen LogP contribution in [0.1, 0.15) is 38.3 Å². The molecule has 1 saturated carbocycles. The van der Waals surface area contributed by atoms with E-state index in [-0.39, 0.29) is 18.6 Å². The molecule has 1 atom stereocenters. The predicted octanol–water partition coefficient (Wildman–Crippen LogP) is 2.86. The number of hydrogen-bond acceptors (Lipinski definition) is 3. The molecule has 0 aliphatic heterocycles. The highest BCUT2D eigenvalue weighted by Crippen LogP contribution is 2.29. The summed E-state index contributed by atoms with van der Waals surface area (Å²) in [7, 11) is 0. The molecule has 5 heteroatoms. The number of halogens is 1. The van der Waals surface area contributed by atoms with E-state index in [4.69, 9.17) is 10.5 Å². The van der Waals surface area contributed by atoms with Crippen LogP contribution in [0.2, 0.25) is 0 Å². The van der Waals surface area contributed by atoms with Gasteiger partial charge < -0.3 is 15.4 Å². The summed E-state index contributed by atoms with van der Waals surface area (Å²) >= 11 is 3.42. The fraction of sp³-hybridized carbons (Fsp3) is 0.533. The third kappa shape index (κ3) is 3.73. The first-order chi connectivity index (χ1) is 9.52. The lowest BCUT2D eigenvalue weighted by Crippen LogP contribution is -2.36. The fourth-order valence-corrected chi connectivity index (χ4v) is 2.63. The van der Waals surface area contributed by atoms with Gasteiger partial charge in [-0.05, 0) is 44.9 Å². The molecule has 1 aromatic carbocycles. The first-order valence-electron chi connectivity index (χ1n) is 7.00. The van der Waals surface area contributed by atoms with Gasteiger partial charge in [0.05, 0.1) is 0 Å². The van der Waals surface area contributed by atoms with E-state index >= 15 is 0 Å². The van der Waals surface area contributed by atoms with Crippen molar-refractivity contribution in [2.75, 3.05) is 13.2 Å². The van der Waals surface area contributed by atoms with E-state index in [0.717, 1.165) is 29.4 Å². The Hall–Kier alpha value is -1.07. The zero-order valence-corrected chi connectivity index (χ0v) is 13.5. The van der Waals surface area contributed by atoms with Gasteiger partial charge >= 0.3 is 0 Å². The number of rotatable bonds is 6. The number of carbonyl (C=O) groups is 1.